The Bertz CT molecular complexity index is 423. The van der Waals surface area contributed by atoms with Crippen LogP contribution < -0.4 is 0 Å². The lowest BCUT2D eigenvalue weighted by Gasteiger charge is -2.17. The van der Waals surface area contributed by atoms with Gasteiger partial charge in [0, 0.05) is 30.2 Å². The molecule has 0 aromatic carbocycles. The third kappa shape index (κ3) is 1.30. The molecule has 0 radical (unpaired) electrons. The molecule has 3 heteroatoms. The molecule has 0 fully saturated rings. The van der Waals surface area contributed by atoms with E-state index in [1.165, 1.54) is 0 Å². The molecule has 2 rings (SSSR count). The molecule has 0 unspecified atom stereocenters. The Hall–Kier alpha value is -1.38. The zero-order valence-electron chi connectivity index (χ0n) is 8.15. The molecule has 0 spiro atoms. The SMILES string of the molecule is CC(C)(C)c1nccn2ccnc12. The minimum Gasteiger partial charge on any atom is -0.304 e. The molecule has 0 saturated carbocycles. The zero-order valence-corrected chi connectivity index (χ0v) is 8.15. The predicted molar refractivity (Wildman–Crippen MR) is 51.7 cm³/mol. The lowest BCUT2D eigenvalue weighted by atomic mass is 9.92. The summed E-state index contributed by atoms with van der Waals surface area (Å²) in [4.78, 5) is 8.65. The molecule has 0 aliphatic carbocycles. The van der Waals surface area contributed by atoms with Crippen molar-refractivity contribution in [2.24, 2.45) is 0 Å². The van der Waals surface area contributed by atoms with Crippen molar-refractivity contribution in [1.82, 2.24) is 14.4 Å². The second-order valence-corrected chi connectivity index (χ2v) is 4.18. The van der Waals surface area contributed by atoms with E-state index in [-0.39, 0.29) is 5.41 Å². The maximum atomic E-state index is 4.37. The third-order valence-corrected chi connectivity index (χ3v) is 2.02. The van der Waals surface area contributed by atoms with Gasteiger partial charge in [0.15, 0.2) is 5.65 Å². The maximum absolute atomic E-state index is 4.37. The highest BCUT2D eigenvalue weighted by Gasteiger charge is 2.19. The molecule has 2 aromatic heterocycles. The number of imidazole rings is 1. The van der Waals surface area contributed by atoms with Gasteiger partial charge >= 0.3 is 0 Å². The van der Waals surface area contributed by atoms with E-state index >= 15 is 0 Å². The van der Waals surface area contributed by atoms with Gasteiger partial charge in [-0.15, -0.1) is 0 Å². The van der Waals surface area contributed by atoms with Crippen LogP contribution >= 0.6 is 0 Å². The summed E-state index contributed by atoms with van der Waals surface area (Å²) in [6.45, 7) is 6.43. The normalized spacial score (nSPS) is 12.2. The van der Waals surface area contributed by atoms with Crippen LogP contribution in [0.15, 0.2) is 24.8 Å². The lowest BCUT2D eigenvalue weighted by Crippen LogP contribution is -2.15. The fraction of sp³-hybridized carbons (Fsp3) is 0.400. The molecule has 0 amide bonds. The number of rotatable bonds is 0. The maximum Gasteiger partial charge on any atom is 0.159 e. The molecule has 2 heterocycles. The molecule has 68 valence electrons. The van der Waals surface area contributed by atoms with Gasteiger partial charge < -0.3 is 4.40 Å². The Kier molecular flexibility index (Phi) is 1.62. The van der Waals surface area contributed by atoms with Crippen LogP contribution in [0.4, 0.5) is 0 Å². The zero-order chi connectivity index (χ0) is 9.47. The molecule has 0 atom stereocenters. The summed E-state index contributed by atoms with van der Waals surface area (Å²) in [5, 5.41) is 0. The third-order valence-electron chi connectivity index (χ3n) is 2.02. The molecule has 0 aliphatic heterocycles. The lowest BCUT2D eigenvalue weighted by molar-refractivity contribution is 0.570. The van der Waals surface area contributed by atoms with Gasteiger partial charge in [-0.1, -0.05) is 20.8 Å². The molecule has 0 aliphatic rings. The summed E-state index contributed by atoms with van der Waals surface area (Å²) in [7, 11) is 0. The largest absolute Gasteiger partial charge is 0.304 e. The van der Waals surface area contributed by atoms with Crippen LogP contribution in [0.2, 0.25) is 0 Å². The van der Waals surface area contributed by atoms with Crippen molar-refractivity contribution in [3.8, 4) is 0 Å². The van der Waals surface area contributed by atoms with Crippen LogP contribution in [0.5, 0.6) is 0 Å². The van der Waals surface area contributed by atoms with Crippen LogP contribution in [0.3, 0.4) is 0 Å². The second-order valence-electron chi connectivity index (χ2n) is 4.18. The van der Waals surface area contributed by atoms with Gasteiger partial charge in [0.05, 0.1) is 5.69 Å². The Labute approximate surface area is 77.4 Å². The number of aromatic nitrogens is 3. The van der Waals surface area contributed by atoms with Crippen LogP contribution in [0, 0.1) is 0 Å². The summed E-state index contributed by atoms with van der Waals surface area (Å²) < 4.78 is 1.99. The smallest absolute Gasteiger partial charge is 0.159 e. The summed E-state index contributed by atoms with van der Waals surface area (Å²) in [5.74, 6) is 0. The van der Waals surface area contributed by atoms with E-state index in [0.29, 0.717) is 0 Å². The second kappa shape index (κ2) is 2.55. The first-order chi connectivity index (χ1) is 6.09. The number of hydrogen-bond acceptors (Lipinski definition) is 2. The highest BCUT2D eigenvalue weighted by atomic mass is 15.0. The van der Waals surface area contributed by atoms with E-state index in [1.807, 2.05) is 23.0 Å². The average Bonchev–Trinajstić information content (AvgIpc) is 2.48. The van der Waals surface area contributed by atoms with Crippen molar-refractivity contribution >= 4 is 5.65 Å². The standard InChI is InChI=1S/C10H13N3/c1-10(2,3)8-9-12-5-7-13(9)6-4-11-8/h4-7H,1-3H3. The van der Waals surface area contributed by atoms with Crippen molar-refractivity contribution in [1.29, 1.82) is 0 Å². The van der Waals surface area contributed by atoms with Gasteiger partial charge in [-0.2, -0.15) is 0 Å². The molecule has 0 saturated heterocycles. The highest BCUT2D eigenvalue weighted by molar-refractivity contribution is 5.46. The first-order valence-electron chi connectivity index (χ1n) is 4.37. The molecular formula is C10H13N3. The highest BCUT2D eigenvalue weighted by Crippen LogP contribution is 2.22. The van der Waals surface area contributed by atoms with Crippen molar-refractivity contribution in [2.75, 3.05) is 0 Å². The van der Waals surface area contributed by atoms with Crippen LogP contribution in [-0.4, -0.2) is 14.4 Å². The van der Waals surface area contributed by atoms with E-state index in [2.05, 4.69) is 30.7 Å². The van der Waals surface area contributed by atoms with E-state index in [9.17, 15) is 0 Å². The van der Waals surface area contributed by atoms with Crippen molar-refractivity contribution in [3.05, 3.63) is 30.5 Å². The molecule has 13 heavy (non-hydrogen) atoms. The molecule has 2 aromatic rings. The Morgan fingerprint density at radius 3 is 2.31 bits per heavy atom. The van der Waals surface area contributed by atoms with Gasteiger partial charge in [0.25, 0.3) is 0 Å². The quantitative estimate of drug-likeness (QED) is 0.613. The predicted octanol–water partition coefficient (Wildman–Crippen LogP) is 2.03. The van der Waals surface area contributed by atoms with Crippen molar-refractivity contribution in [3.63, 3.8) is 0 Å². The Balaban J connectivity index is 2.75. The monoisotopic (exact) mass is 175 g/mol. The summed E-state index contributed by atoms with van der Waals surface area (Å²) in [6.07, 6.45) is 7.46. The van der Waals surface area contributed by atoms with Gasteiger partial charge in [0.1, 0.15) is 0 Å². The minimum absolute atomic E-state index is 0.0495. The molecule has 0 bridgehead atoms. The Morgan fingerprint density at radius 1 is 1.08 bits per heavy atom. The Morgan fingerprint density at radius 2 is 1.69 bits per heavy atom. The van der Waals surface area contributed by atoms with Gasteiger partial charge in [0.2, 0.25) is 0 Å². The average molecular weight is 175 g/mol. The number of hydrogen-bond donors (Lipinski definition) is 0. The fourth-order valence-electron chi connectivity index (χ4n) is 1.38. The summed E-state index contributed by atoms with van der Waals surface area (Å²) >= 11 is 0. The first kappa shape index (κ1) is 8.23. The molecule has 0 N–H and O–H groups in total. The molecular weight excluding hydrogens is 162 g/mol. The van der Waals surface area contributed by atoms with Crippen LogP contribution in [0.1, 0.15) is 26.5 Å². The first-order valence-corrected chi connectivity index (χ1v) is 4.37. The van der Waals surface area contributed by atoms with Crippen LogP contribution in [0.25, 0.3) is 5.65 Å². The van der Waals surface area contributed by atoms with Crippen molar-refractivity contribution in [2.45, 2.75) is 26.2 Å². The minimum atomic E-state index is 0.0495. The van der Waals surface area contributed by atoms with Crippen molar-refractivity contribution < 1.29 is 0 Å². The van der Waals surface area contributed by atoms with E-state index in [0.717, 1.165) is 11.3 Å². The topological polar surface area (TPSA) is 30.2 Å². The van der Waals surface area contributed by atoms with E-state index in [4.69, 9.17) is 0 Å². The van der Waals surface area contributed by atoms with Gasteiger partial charge in [-0.3, -0.25) is 4.98 Å². The number of fused-ring (bicyclic) bond motifs is 1. The number of nitrogens with zero attached hydrogens (tertiary/aromatic N) is 3. The summed E-state index contributed by atoms with van der Waals surface area (Å²) in [5.41, 5.74) is 2.04. The van der Waals surface area contributed by atoms with Gasteiger partial charge in [-0.25, -0.2) is 4.98 Å². The van der Waals surface area contributed by atoms with E-state index < -0.39 is 0 Å². The van der Waals surface area contributed by atoms with E-state index in [1.54, 1.807) is 6.20 Å². The summed E-state index contributed by atoms with van der Waals surface area (Å²) in [6, 6.07) is 0. The molecule has 3 nitrogen and oxygen atoms in total. The van der Waals surface area contributed by atoms with Crippen LogP contribution in [-0.2, 0) is 5.41 Å². The van der Waals surface area contributed by atoms with Gasteiger partial charge in [-0.05, 0) is 0 Å². The fourth-order valence-corrected chi connectivity index (χ4v) is 1.38.